The van der Waals surface area contributed by atoms with E-state index in [1.165, 1.54) is 53.9 Å². The first kappa shape index (κ1) is 35.3. The van der Waals surface area contributed by atoms with Crippen LogP contribution in [0.3, 0.4) is 0 Å². The Labute approximate surface area is 336 Å². The standard InChI is InChI=1S/C48H44N6S2/c1-31(35-13-15-46-44(28-35)50-30-55-46)53-22-18-34-10-12-40(27-38(34)20-25-53)42-7-5-8-43(51-42)48-52-45-29-36(14-16-47(45)56-48)32(2)54-23-17-33-9-11-39(26-37(33)19-24-54)41-6-3-4-21-49-41/h3-16,21,26-32H,17-20,22-25H2,1-2H3/t31-,32+/m0/s1. The van der Waals surface area contributed by atoms with Crippen molar-refractivity contribution in [2.75, 3.05) is 26.2 Å². The molecule has 0 amide bonds. The van der Waals surface area contributed by atoms with Gasteiger partial charge in [-0.3, -0.25) is 14.8 Å². The fourth-order valence-electron chi connectivity index (χ4n) is 8.70. The van der Waals surface area contributed by atoms with E-state index in [0.29, 0.717) is 12.1 Å². The lowest BCUT2D eigenvalue weighted by Gasteiger charge is -2.28. The number of fused-ring (bicyclic) bond motifs is 4. The summed E-state index contributed by atoms with van der Waals surface area (Å²) in [5.74, 6) is 0. The van der Waals surface area contributed by atoms with E-state index in [-0.39, 0.29) is 0 Å². The number of pyridine rings is 2. The molecule has 2 aliphatic heterocycles. The van der Waals surface area contributed by atoms with Gasteiger partial charge in [0, 0.05) is 55.6 Å². The van der Waals surface area contributed by atoms with E-state index in [4.69, 9.17) is 9.97 Å². The van der Waals surface area contributed by atoms with Crippen molar-refractivity contribution in [2.45, 2.75) is 51.6 Å². The molecular formula is C48H44N6S2. The van der Waals surface area contributed by atoms with Gasteiger partial charge >= 0.3 is 0 Å². The van der Waals surface area contributed by atoms with Crippen molar-refractivity contribution in [1.82, 2.24) is 29.7 Å². The summed E-state index contributed by atoms with van der Waals surface area (Å²) in [6, 6.07) is 40.6. The fourth-order valence-corrected chi connectivity index (χ4v) is 10.3. The smallest absolute Gasteiger partial charge is 0.143 e. The molecule has 0 unspecified atom stereocenters. The van der Waals surface area contributed by atoms with E-state index >= 15 is 0 Å². The van der Waals surface area contributed by atoms with Crippen molar-refractivity contribution >= 4 is 43.1 Å². The maximum absolute atomic E-state index is 5.19. The molecule has 8 heteroatoms. The molecule has 0 fully saturated rings. The molecule has 2 atom stereocenters. The summed E-state index contributed by atoms with van der Waals surface area (Å²) in [6.07, 6.45) is 6.05. The fraction of sp³-hybridized carbons (Fsp3) is 0.250. The summed E-state index contributed by atoms with van der Waals surface area (Å²) >= 11 is 3.44. The van der Waals surface area contributed by atoms with Gasteiger partial charge in [-0.25, -0.2) is 15.0 Å². The van der Waals surface area contributed by atoms with Gasteiger partial charge in [0.2, 0.25) is 0 Å². The Morgan fingerprint density at radius 1 is 0.518 bits per heavy atom. The van der Waals surface area contributed by atoms with Gasteiger partial charge in [0.1, 0.15) is 5.01 Å². The average Bonchev–Trinajstić information content (AvgIpc) is 3.78. The quantitative estimate of drug-likeness (QED) is 0.161. The Hall–Kier alpha value is -5.12. The summed E-state index contributed by atoms with van der Waals surface area (Å²) in [6.45, 7) is 8.83. The Kier molecular flexibility index (Phi) is 9.51. The molecule has 0 N–H and O–H groups in total. The zero-order chi connectivity index (χ0) is 37.6. The number of aromatic nitrogens is 4. The molecule has 0 saturated carbocycles. The van der Waals surface area contributed by atoms with Crippen LogP contribution in [0.15, 0.2) is 121 Å². The third-order valence-electron chi connectivity index (χ3n) is 12.1. The molecule has 6 nitrogen and oxygen atoms in total. The van der Waals surface area contributed by atoms with Gasteiger partial charge in [-0.2, -0.15) is 0 Å². The molecule has 0 spiro atoms. The number of nitrogens with zero attached hydrogens (tertiary/aromatic N) is 6. The van der Waals surface area contributed by atoms with Crippen LogP contribution >= 0.6 is 22.7 Å². The Bertz CT molecular complexity index is 2680. The van der Waals surface area contributed by atoms with Crippen LogP contribution in [0, 0.1) is 0 Å². The highest BCUT2D eigenvalue weighted by atomic mass is 32.1. The van der Waals surface area contributed by atoms with Gasteiger partial charge in [-0.15, -0.1) is 22.7 Å². The van der Waals surface area contributed by atoms with Gasteiger partial charge in [-0.05, 0) is 134 Å². The van der Waals surface area contributed by atoms with Crippen LogP contribution in [-0.4, -0.2) is 55.9 Å². The second-order valence-electron chi connectivity index (χ2n) is 15.3. The number of benzene rings is 4. The molecule has 56 heavy (non-hydrogen) atoms. The first-order valence-corrected chi connectivity index (χ1v) is 21.6. The van der Waals surface area contributed by atoms with Gasteiger partial charge in [0.05, 0.1) is 43.0 Å². The van der Waals surface area contributed by atoms with Crippen LogP contribution in [0.4, 0.5) is 0 Å². The topological polar surface area (TPSA) is 58.0 Å². The van der Waals surface area contributed by atoms with E-state index in [2.05, 4.69) is 137 Å². The molecule has 0 saturated heterocycles. The summed E-state index contributed by atoms with van der Waals surface area (Å²) in [5, 5.41) is 0.968. The van der Waals surface area contributed by atoms with Crippen molar-refractivity contribution < 1.29 is 0 Å². The van der Waals surface area contributed by atoms with Crippen LogP contribution in [0.5, 0.6) is 0 Å². The highest BCUT2D eigenvalue weighted by Crippen LogP contribution is 2.35. The van der Waals surface area contributed by atoms with Crippen molar-refractivity contribution in [3.63, 3.8) is 0 Å². The van der Waals surface area contributed by atoms with E-state index in [9.17, 15) is 0 Å². The average molecular weight is 769 g/mol. The molecule has 0 aliphatic carbocycles. The number of thiazole rings is 2. The third kappa shape index (κ3) is 6.96. The summed E-state index contributed by atoms with van der Waals surface area (Å²) < 4.78 is 2.45. The lowest BCUT2D eigenvalue weighted by atomic mass is 9.98. The first-order chi connectivity index (χ1) is 27.5. The molecule has 6 heterocycles. The van der Waals surface area contributed by atoms with Gasteiger partial charge in [0.25, 0.3) is 0 Å². The maximum Gasteiger partial charge on any atom is 0.143 e. The minimum atomic E-state index is 0.298. The molecule has 8 aromatic rings. The lowest BCUT2D eigenvalue weighted by Crippen LogP contribution is -2.29. The van der Waals surface area contributed by atoms with Gasteiger partial charge in [-0.1, -0.05) is 48.5 Å². The SMILES string of the molecule is C[C@H](c1ccc2sc(-c3cccc(-c4ccc5c(c4)CCN([C@@H](C)c4ccc6scnc6c4)CC5)n3)nc2c1)N1CCc2ccc(-c3ccccn3)cc2CC1. The molecule has 278 valence electrons. The normalized spacial score (nSPS) is 16.2. The van der Waals surface area contributed by atoms with Crippen molar-refractivity contribution in [1.29, 1.82) is 0 Å². The number of hydrogen-bond donors (Lipinski definition) is 0. The zero-order valence-corrected chi connectivity index (χ0v) is 33.5. The van der Waals surface area contributed by atoms with Crippen molar-refractivity contribution in [3.8, 4) is 33.2 Å². The van der Waals surface area contributed by atoms with E-state index < -0.39 is 0 Å². The van der Waals surface area contributed by atoms with Crippen molar-refractivity contribution in [3.05, 3.63) is 154 Å². The molecular weight excluding hydrogens is 725 g/mol. The van der Waals surface area contributed by atoms with Crippen LogP contribution in [0.2, 0.25) is 0 Å². The number of hydrogen-bond acceptors (Lipinski definition) is 8. The molecule has 4 aromatic heterocycles. The Morgan fingerprint density at radius 3 is 1.80 bits per heavy atom. The molecule has 4 aromatic carbocycles. The Balaban J connectivity index is 0.831. The van der Waals surface area contributed by atoms with Crippen LogP contribution < -0.4 is 0 Å². The minimum Gasteiger partial charge on any atom is -0.296 e. The predicted octanol–water partition coefficient (Wildman–Crippen LogP) is 11.0. The highest BCUT2D eigenvalue weighted by molar-refractivity contribution is 7.21. The van der Waals surface area contributed by atoms with Crippen LogP contribution in [0.25, 0.3) is 53.6 Å². The minimum absolute atomic E-state index is 0.298. The molecule has 2 aliphatic rings. The summed E-state index contributed by atoms with van der Waals surface area (Å²) in [7, 11) is 0. The largest absolute Gasteiger partial charge is 0.296 e. The molecule has 0 radical (unpaired) electrons. The predicted molar refractivity (Wildman–Crippen MR) is 232 cm³/mol. The zero-order valence-electron chi connectivity index (χ0n) is 31.9. The maximum atomic E-state index is 5.19. The van der Waals surface area contributed by atoms with Crippen LogP contribution in [-0.2, 0) is 25.7 Å². The summed E-state index contributed by atoms with van der Waals surface area (Å²) in [4.78, 5) is 24.7. The van der Waals surface area contributed by atoms with E-state index in [0.717, 1.165) is 85.0 Å². The molecule has 10 rings (SSSR count). The van der Waals surface area contributed by atoms with Gasteiger partial charge < -0.3 is 0 Å². The lowest BCUT2D eigenvalue weighted by molar-refractivity contribution is 0.221. The monoisotopic (exact) mass is 768 g/mol. The number of rotatable bonds is 7. The molecule has 0 bridgehead atoms. The first-order valence-electron chi connectivity index (χ1n) is 19.9. The van der Waals surface area contributed by atoms with Crippen LogP contribution in [0.1, 0.15) is 59.3 Å². The second-order valence-corrected chi connectivity index (χ2v) is 17.3. The summed E-state index contributed by atoms with van der Waals surface area (Å²) in [5.41, 5.74) is 17.9. The van der Waals surface area contributed by atoms with E-state index in [1.807, 2.05) is 17.8 Å². The second kappa shape index (κ2) is 15.1. The van der Waals surface area contributed by atoms with Crippen molar-refractivity contribution in [2.24, 2.45) is 0 Å². The van der Waals surface area contributed by atoms with E-state index in [1.54, 1.807) is 22.7 Å². The highest BCUT2D eigenvalue weighted by Gasteiger charge is 2.23. The Morgan fingerprint density at radius 2 is 1.12 bits per heavy atom. The van der Waals surface area contributed by atoms with Gasteiger partial charge in [0.15, 0.2) is 0 Å². The third-order valence-corrected chi connectivity index (χ3v) is 14.0.